The summed E-state index contributed by atoms with van der Waals surface area (Å²) >= 11 is 0. The van der Waals surface area contributed by atoms with Crippen molar-refractivity contribution in [2.45, 2.75) is 0 Å². The van der Waals surface area contributed by atoms with Crippen molar-refractivity contribution >= 4 is 12.0 Å². The molecule has 3 rings (SSSR count). The highest BCUT2D eigenvalue weighted by atomic mass is 16.5. The highest BCUT2D eigenvalue weighted by Crippen LogP contribution is 2.51. The van der Waals surface area contributed by atoms with E-state index in [4.69, 9.17) is 9.84 Å². The van der Waals surface area contributed by atoms with Gasteiger partial charge in [0.05, 0.1) is 13.2 Å². The predicted octanol–water partition coefficient (Wildman–Crippen LogP) is -0.709. The maximum atomic E-state index is 12.0. The molecule has 7 nitrogen and oxygen atoms in total. The second-order valence-electron chi connectivity index (χ2n) is 5.79. The third-order valence-corrected chi connectivity index (χ3v) is 4.60. The number of carboxylic acid groups (broad SMARTS) is 1. The lowest BCUT2D eigenvalue weighted by molar-refractivity contribution is -0.123. The van der Waals surface area contributed by atoms with Crippen LogP contribution in [0.3, 0.4) is 0 Å². The van der Waals surface area contributed by atoms with Gasteiger partial charge in [0.1, 0.15) is 0 Å². The Morgan fingerprint density at radius 1 is 1.20 bits per heavy atom. The largest absolute Gasteiger partial charge is 0.465 e. The van der Waals surface area contributed by atoms with E-state index in [0.717, 1.165) is 32.8 Å². The van der Waals surface area contributed by atoms with Crippen LogP contribution in [0.5, 0.6) is 0 Å². The first-order valence-electron chi connectivity index (χ1n) is 7.22. The van der Waals surface area contributed by atoms with Gasteiger partial charge < -0.3 is 20.1 Å². The van der Waals surface area contributed by atoms with Crippen LogP contribution in [-0.2, 0) is 9.53 Å². The van der Waals surface area contributed by atoms with Gasteiger partial charge in [-0.05, 0) is 11.8 Å². The fourth-order valence-corrected chi connectivity index (χ4v) is 3.35. The minimum absolute atomic E-state index is 0.0373. The second-order valence-corrected chi connectivity index (χ2v) is 5.79. The van der Waals surface area contributed by atoms with Crippen LogP contribution >= 0.6 is 0 Å². The van der Waals surface area contributed by atoms with Crippen LogP contribution in [0.4, 0.5) is 4.79 Å². The van der Waals surface area contributed by atoms with Gasteiger partial charge in [-0.3, -0.25) is 9.69 Å². The monoisotopic (exact) mass is 283 g/mol. The maximum Gasteiger partial charge on any atom is 0.407 e. The van der Waals surface area contributed by atoms with Crippen molar-refractivity contribution in [3.05, 3.63) is 0 Å². The molecule has 2 saturated heterocycles. The molecule has 0 aromatic carbocycles. The zero-order chi connectivity index (χ0) is 14.1. The molecule has 3 fully saturated rings. The first-order chi connectivity index (χ1) is 9.66. The molecule has 2 heterocycles. The number of morpholine rings is 1. The lowest BCUT2D eigenvalue weighted by atomic mass is 10.2. The van der Waals surface area contributed by atoms with E-state index in [0.29, 0.717) is 19.6 Å². The Balaban J connectivity index is 1.34. The van der Waals surface area contributed by atoms with E-state index >= 15 is 0 Å². The van der Waals surface area contributed by atoms with E-state index in [1.54, 1.807) is 0 Å². The number of carbonyl (C=O) groups excluding carboxylic acids is 1. The van der Waals surface area contributed by atoms with E-state index in [1.165, 1.54) is 4.90 Å². The van der Waals surface area contributed by atoms with Crippen LogP contribution in [0.15, 0.2) is 0 Å². The van der Waals surface area contributed by atoms with Crippen LogP contribution in [0, 0.1) is 17.8 Å². The molecular weight excluding hydrogens is 262 g/mol. The van der Waals surface area contributed by atoms with Gasteiger partial charge in [0.25, 0.3) is 0 Å². The number of nitrogens with one attached hydrogen (secondary N) is 1. The number of hydrogen-bond donors (Lipinski definition) is 2. The smallest absolute Gasteiger partial charge is 0.407 e. The summed E-state index contributed by atoms with van der Waals surface area (Å²) in [5, 5.41) is 11.8. The van der Waals surface area contributed by atoms with Crippen molar-refractivity contribution in [3.63, 3.8) is 0 Å². The minimum Gasteiger partial charge on any atom is -0.465 e. The first kappa shape index (κ1) is 13.6. The Morgan fingerprint density at radius 3 is 2.45 bits per heavy atom. The van der Waals surface area contributed by atoms with E-state index < -0.39 is 6.09 Å². The molecule has 3 atom stereocenters. The number of nitrogens with zero attached hydrogens (tertiary/aromatic N) is 2. The van der Waals surface area contributed by atoms with Gasteiger partial charge in [-0.15, -0.1) is 0 Å². The zero-order valence-electron chi connectivity index (χ0n) is 11.5. The van der Waals surface area contributed by atoms with Crippen molar-refractivity contribution in [2.24, 2.45) is 17.8 Å². The number of piperidine rings is 1. The highest BCUT2D eigenvalue weighted by molar-refractivity contribution is 5.83. The van der Waals surface area contributed by atoms with Crippen LogP contribution < -0.4 is 5.32 Å². The number of carbonyl (C=O) groups is 2. The Morgan fingerprint density at radius 2 is 1.85 bits per heavy atom. The number of fused-ring (bicyclic) bond motifs is 1. The van der Waals surface area contributed by atoms with Crippen molar-refractivity contribution in [3.8, 4) is 0 Å². The fraction of sp³-hybridized carbons (Fsp3) is 0.846. The molecule has 0 radical (unpaired) electrons. The van der Waals surface area contributed by atoms with Crippen molar-refractivity contribution in [2.75, 3.05) is 52.5 Å². The van der Waals surface area contributed by atoms with Gasteiger partial charge >= 0.3 is 6.09 Å². The molecule has 2 N–H and O–H groups in total. The molecule has 2 aliphatic heterocycles. The van der Waals surface area contributed by atoms with Crippen molar-refractivity contribution in [1.29, 1.82) is 0 Å². The summed E-state index contributed by atoms with van der Waals surface area (Å²) < 4.78 is 5.27. The van der Waals surface area contributed by atoms with E-state index in [1.807, 2.05) is 0 Å². The van der Waals surface area contributed by atoms with Crippen molar-refractivity contribution in [1.82, 2.24) is 15.1 Å². The normalized spacial score (nSPS) is 32.8. The Kier molecular flexibility index (Phi) is 3.80. The van der Waals surface area contributed by atoms with Crippen LogP contribution in [0.25, 0.3) is 0 Å². The number of hydrogen-bond acceptors (Lipinski definition) is 4. The topological polar surface area (TPSA) is 82.1 Å². The Hall–Kier alpha value is -1.34. The van der Waals surface area contributed by atoms with Crippen molar-refractivity contribution < 1.29 is 19.4 Å². The van der Waals surface area contributed by atoms with Crippen LogP contribution in [-0.4, -0.2) is 79.4 Å². The third kappa shape index (κ3) is 2.73. The van der Waals surface area contributed by atoms with Gasteiger partial charge in [0.15, 0.2) is 0 Å². The van der Waals surface area contributed by atoms with E-state index in [-0.39, 0.29) is 23.7 Å². The summed E-state index contributed by atoms with van der Waals surface area (Å²) in [7, 11) is 0. The Labute approximate surface area is 117 Å². The van der Waals surface area contributed by atoms with Gasteiger partial charge in [0.2, 0.25) is 5.91 Å². The number of likely N-dealkylation sites (tertiary alicyclic amines) is 1. The Bertz CT molecular complexity index is 385. The molecule has 1 aliphatic carbocycles. The molecule has 20 heavy (non-hydrogen) atoms. The molecule has 112 valence electrons. The van der Waals surface area contributed by atoms with Gasteiger partial charge in [-0.25, -0.2) is 4.79 Å². The number of rotatable bonds is 4. The lowest BCUT2D eigenvalue weighted by Gasteiger charge is -2.26. The SMILES string of the molecule is O=C(NCCN1CCOCC1)[C@@H]1[C@@H]2CN(C(=O)O)C[C@@H]21. The van der Waals surface area contributed by atoms with Gasteiger partial charge in [0, 0.05) is 45.2 Å². The molecule has 0 aromatic rings. The molecular formula is C13H21N3O4. The predicted molar refractivity (Wildman–Crippen MR) is 70.3 cm³/mol. The first-order valence-corrected chi connectivity index (χ1v) is 7.22. The second kappa shape index (κ2) is 5.57. The maximum absolute atomic E-state index is 12.0. The zero-order valence-corrected chi connectivity index (χ0v) is 11.5. The molecule has 1 saturated carbocycles. The lowest BCUT2D eigenvalue weighted by Crippen LogP contribution is -2.42. The average Bonchev–Trinajstić information content (AvgIpc) is 2.94. The summed E-state index contributed by atoms with van der Waals surface area (Å²) in [5.74, 6) is 0.623. The average molecular weight is 283 g/mol. The molecule has 2 amide bonds. The standard InChI is InChI=1S/C13H21N3O4/c17-12(14-1-2-15-3-5-20-6-4-15)11-9-7-16(13(18)19)8-10(9)11/h9-11H,1-8H2,(H,14,17)(H,18,19)/t9-,10+,11-. The third-order valence-electron chi connectivity index (χ3n) is 4.60. The fourth-order valence-electron chi connectivity index (χ4n) is 3.35. The molecule has 7 heteroatoms. The minimum atomic E-state index is -0.872. The molecule has 0 aromatic heterocycles. The highest BCUT2D eigenvalue weighted by Gasteiger charge is 2.60. The van der Waals surface area contributed by atoms with E-state index in [2.05, 4.69) is 10.2 Å². The molecule has 0 unspecified atom stereocenters. The summed E-state index contributed by atoms with van der Waals surface area (Å²) in [6.07, 6.45) is -0.872. The molecule has 0 spiro atoms. The quantitative estimate of drug-likeness (QED) is 0.712. The molecule has 3 aliphatic rings. The summed E-state index contributed by atoms with van der Waals surface area (Å²) in [4.78, 5) is 26.5. The van der Waals surface area contributed by atoms with Gasteiger partial charge in [-0.2, -0.15) is 0 Å². The summed E-state index contributed by atoms with van der Waals surface area (Å²) in [5.41, 5.74) is 0. The summed E-state index contributed by atoms with van der Waals surface area (Å²) in [6.45, 7) is 5.95. The number of amides is 2. The van der Waals surface area contributed by atoms with Gasteiger partial charge in [-0.1, -0.05) is 0 Å². The summed E-state index contributed by atoms with van der Waals surface area (Å²) in [6, 6.07) is 0. The number of ether oxygens (including phenoxy) is 1. The van der Waals surface area contributed by atoms with E-state index in [9.17, 15) is 9.59 Å². The van der Waals surface area contributed by atoms with Crippen LogP contribution in [0.1, 0.15) is 0 Å². The van der Waals surface area contributed by atoms with Crippen LogP contribution in [0.2, 0.25) is 0 Å². The molecule has 0 bridgehead atoms.